The van der Waals surface area contributed by atoms with E-state index in [1.165, 1.54) is 0 Å². The number of nitrogens with two attached hydrogens (primary N) is 3. The van der Waals surface area contributed by atoms with Crippen molar-refractivity contribution in [3.63, 3.8) is 0 Å². The SMILES string of the molecule is NCC(=O)O.NCC(=O)O.NCC(=O)O.[Fe]. The number of carbonyl (C=O) groups is 3. The summed E-state index contributed by atoms with van der Waals surface area (Å²) >= 11 is 0. The zero-order valence-electron chi connectivity index (χ0n) is 8.27. The van der Waals surface area contributed by atoms with Crippen LogP contribution in [0.4, 0.5) is 0 Å². The topological polar surface area (TPSA) is 190 Å². The van der Waals surface area contributed by atoms with Crippen LogP contribution in [0.15, 0.2) is 0 Å². The maximum atomic E-state index is 9.24. The molecule has 0 atom stereocenters. The molecule has 0 aromatic rings. The molecule has 0 aromatic carbocycles. The smallest absolute Gasteiger partial charge is 0.317 e. The number of carboxylic acids is 3. The average molecular weight is 281 g/mol. The normalized spacial score (nSPS) is 6.94. The van der Waals surface area contributed by atoms with E-state index in [0.717, 1.165) is 0 Å². The van der Waals surface area contributed by atoms with Crippen molar-refractivity contribution in [2.75, 3.05) is 19.6 Å². The van der Waals surface area contributed by atoms with Gasteiger partial charge >= 0.3 is 17.9 Å². The first-order valence-corrected chi connectivity index (χ1v) is 3.57. The summed E-state index contributed by atoms with van der Waals surface area (Å²) in [6, 6.07) is 0. The van der Waals surface area contributed by atoms with Gasteiger partial charge in [-0.3, -0.25) is 14.4 Å². The van der Waals surface area contributed by atoms with Gasteiger partial charge in [-0.25, -0.2) is 0 Å². The fourth-order valence-corrected chi connectivity index (χ4v) is 0. The predicted octanol–water partition coefficient (Wildman–Crippen LogP) is -2.91. The molecule has 98 valence electrons. The quantitative estimate of drug-likeness (QED) is 0.294. The Balaban J connectivity index is -0.0000000655. The fourth-order valence-electron chi connectivity index (χ4n) is 0. The molecule has 10 heteroatoms. The van der Waals surface area contributed by atoms with E-state index < -0.39 is 17.9 Å². The fraction of sp³-hybridized carbons (Fsp3) is 0.500. The van der Waals surface area contributed by atoms with E-state index in [2.05, 4.69) is 17.2 Å². The van der Waals surface area contributed by atoms with Crippen molar-refractivity contribution < 1.29 is 46.8 Å². The minimum atomic E-state index is -0.968. The van der Waals surface area contributed by atoms with Crippen LogP contribution in [0, 0.1) is 0 Å². The van der Waals surface area contributed by atoms with E-state index >= 15 is 0 Å². The monoisotopic (exact) mass is 281 g/mol. The standard InChI is InChI=1S/3C2H5NO2.Fe/c3*3-1-2(4)5;/h3*1,3H2,(H,4,5);. The summed E-state index contributed by atoms with van der Waals surface area (Å²) in [5.41, 5.74) is 13.7. The van der Waals surface area contributed by atoms with Gasteiger partial charge in [-0.05, 0) is 0 Å². The van der Waals surface area contributed by atoms with Crippen LogP contribution >= 0.6 is 0 Å². The Morgan fingerprint density at radius 3 is 0.750 bits per heavy atom. The van der Waals surface area contributed by atoms with Gasteiger partial charge in [0.15, 0.2) is 0 Å². The molecule has 0 saturated heterocycles. The van der Waals surface area contributed by atoms with E-state index in [1.54, 1.807) is 0 Å². The van der Waals surface area contributed by atoms with Crippen LogP contribution in [-0.2, 0) is 31.5 Å². The minimum absolute atomic E-state index is 0. The molecular formula is C6H15FeN3O6. The molecular weight excluding hydrogens is 266 g/mol. The van der Waals surface area contributed by atoms with E-state index in [4.69, 9.17) is 15.3 Å². The zero-order valence-corrected chi connectivity index (χ0v) is 9.38. The molecule has 0 spiro atoms. The molecule has 0 aliphatic rings. The molecule has 0 bridgehead atoms. The Hall–Kier alpha value is -1.19. The molecule has 0 amide bonds. The number of rotatable bonds is 3. The first-order chi connectivity index (χ1) is 6.81. The molecule has 16 heavy (non-hydrogen) atoms. The van der Waals surface area contributed by atoms with Gasteiger partial charge < -0.3 is 32.5 Å². The van der Waals surface area contributed by atoms with Crippen LogP contribution in [0.3, 0.4) is 0 Å². The second-order valence-corrected chi connectivity index (χ2v) is 1.79. The number of hydrogen-bond acceptors (Lipinski definition) is 6. The molecule has 9 nitrogen and oxygen atoms in total. The van der Waals surface area contributed by atoms with Gasteiger partial charge in [0.2, 0.25) is 0 Å². The summed E-state index contributed by atoms with van der Waals surface area (Å²) in [6.07, 6.45) is 0. The van der Waals surface area contributed by atoms with Crippen LogP contribution < -0.4 is 17.2 Å². The van der Waals surface area contributed by atoms with Crippen molar-refractivity contribution in [3.05, 3.63) is 0 Å². The molecule has 0 aliphatic carbocycles. The molecule has 0 fully saturated rings. The predicted molar refractivity (Wildman–Crippen MR) is 50.1 cm³/mol. The van der Waals surface area contributed by atoms with E-state index in [0.29, 0.717) is 0 Å². The molecule has 0 saturated carbocycles. The summed E-state index contributed by atoms with van der Waals surface area (Å²) < 4.78 is 0. The van der Waals surface area contributed by atoms with Gasteiger partial charge in [-0.15, -0.1) is 0 Å². The van der Waals surface area contributed by atoms with Gasteiger partial charge in [0.1, 0.15) is 0 Å². The zero-order chi connectivity index (χ0) is 12.9. The molecule has 0 unspecified atom stereocenters. The average Bonchev–Trinajstić information content (AvgIpc) is 2.19. The Morgan fingerprint density at radius 1 is 0.688 bits per heavy atom. The van der Waals surface area contributed by atoms with Crippen molar-refractivity contribution in [1.82, 2.24) is 0 Å². The minimum Gasteiger partial charge on any atom is -0.480 e. The van der Waals surface area contributed by atoms with Gasteiger partial charge in [0.25, 0.3) is 0 Å². The Kier molecular flexibility index (Phi) is 29.3. The second-order valence-electron chi connectivity index (χ2n) is 1.79. The van der Waals surface area contributed by atoms with E-state index in [9.17, 15) is 14.4 Å². The summed E-state index contributed by atoms with van der Waals surface area (Å²) in [6.45, 7) is -0.833. The summed E-state index contributed by atoms with van der Waals surface area (Å²) in [7, 11) is 0. The van der Waals surface area contributed by atoms with Crippen molar-refractivity contribution in [3.8, 4) is 0 Å². The number of aliphatic carboxylic acids is 3. The Morgan fingerprint density at radius 2 is 0.750 bits per heavy atom. The molecule has 0 radical (unpaired) electrons. The van der Waals surface area contributed by atoms with Gasteiger partial charge in [0.05, 0.1) is 19.6 Å². The Bertz CT molecular complexity index is 167. The third kappa shape index (κ3) is 77.2. The van der Waals surface area contributed by atoms with Crippen LogP contribution in [0.1, 0.15) is 0 Å². The Labute approximate surface area is 102 Å². The number of hydrogen-bond donors (Lipinski definition) is 6. The first-order valence-electron chi connectivity index (χ1n) is 3.57. The van der Waals surface area contributed by atoms with Crippen molar-refractivity contribution in [2.45, 2.75) is 0 Å². The maximum absolute atomic E-state index is 9.24. The summed E-state index contributed by atoms with van der Waals surface area (Å²) in [5, 5.41) is 22.8. The van der Waals surface area contributed by atoms with Crippen molar-refractivity contribution in [1.29, 1.82) is 0 Å². The van der Waals surface area contributed by atoms with E-state index in [1.807, 2.05) is 0 Å². The largest absolute Gasteiger partial charge is 0.480 e. The van der Waals surface area contributed by atoms with Crippen LogP contribution in [0.5, 0.6) is 0 Å². The molecule has 0 aromatic heterocycles. The number of carboxylic acid groups (broad SMARTS) is 3. The van der Waals surface area contributed by atoms with Crippen molar-refractivity contribution >= 4 is 17.9 Å². The third-order valence-corrected chi connectivity index (χ3v) is 0.524. The van der Waals surface area contributed by atoms with Gasteiger partial charge in [-0.1, -0.05) is 0 Å². The van der Waals surface area contributed by atoms with Crippen molar-refractivity contribution in [2.24, 2.45) is 17.2 Å². The second kappa shape index (κ2) is 19.4. The molecule has 0 heterocycles. The first kappa shape index (κ1) is 24.2. The maximum Gasteiger partial charge on any atom is 0.317 e. The summed E-state index contributed by atoms with van der Waals surface area (Å²) in [5.74, 6) is -2.90. The van der Waals surface area contributed by atoms with Gasteiger partial charge in [0, 0.05) is 17.1 Å². The molecule has 9 N–H and O–H groups in total. The van der Waals surface area contributed by atoms with Crippen LogP contribution in [-0.4, -0.2) is 52.9 Å². The third-order valence-electron chi connectivity index (χ3n) is 0.524. The van der Waals surface area contributed by atoms with Crippen LogP contribution in [0.25, 0.3) is 0 Å². The molecule has 0 aliphatic heterocycles. The van der Waals surface area contributed by atoms with Crippen LogP contribution in [0.2, 0.25) is 0 Å². The van der Waals surface area contributed by atoms with E-state index in [-0.39, 0.29) is 36.7 Å². The molecule has 0 rings (SSSR count). The van der Waals surface area contributed by atoms with Gasteiger partial charge in [-0.2, -0.15) is 0 Å². The summed E-state index contributed by atoms with van der Waals surface area (Å²) in [4.78, 5) is 27.7.